The molecule has 130 valence electrons. The third kappa shape index (κ3) is 3.94. The second-order valence-electron chi connectivity index (χ2n) is 6.17. The van der Waals surface area contributed by atoms with Gasteiger partial charge in [0.25, 0.3) is 0 Å². The SMILES string of the molecule is CCC(C(=O)NCCCN1CCOCC1)n1ncc2ccccc21. The molecule has 0 bridgehead atoms. The summed E-state index contributed by atoms with van der Waals surface area (Å²) in [7, 11) is 0. The van der Waals surface area contributed by atoms with E-state index in [2.05, 4.69) is 15.3 Å². The lowest BCUT2D eigenvalue weighted by Gasteiger charge is -2.26. The van der Waals surface area contributed by atoms with Crippen LogP contribution in [0.5, 0.6) is 0 Å². The van der Waals surface area contributed by atoms with Gasteiger partial charge in [0.2, 0.25) is 5.91 Å². The molecule has 24 heavy (non-hydrogen) atoms. The number of morpholine rings is 1. The lowest BCUT2D eigenvalue weighted by Crippen LogP contribution is -2.39. The average molecular weight is 330 g/mol. The van der Waals surface area contributed by atoms with E-state index in [4.69, 9.17) is 4.74 Å². The number of carbonyl (C=O) groups excluding carboxylic acids is 1. The first kappa shape index (κ1) is 16.9. The third-order valence-electron chi connectivity index (χ3n) is 4.54. The van der Waals surface area contributed by atoms with Crippen LogP contribution in [0.1, 0.15) is 25.8 Å². The van der Waals surface area contributed by atoms with Gasteiger partial charge in [0.05, 0.1) is 24.9 Å². The number of nitrogens with one attached hydrogen (secondary N) is 1. The van der Waals surface area contributed by atoms with Gasteiger partial charge in [0.15, 0.2) is 0 Å². The summed E-state index contributed by atoms with van der Waals surface area (Å²) < 4.78 is 7.19. The number of carbonyl (C=O) groups is 1. The molecule has 1 aliphatic rings. The summed E-state index contributed by atoms with van der Waals surface area (Å²) in [5.41, 5.74) is 1.01. The quantitative estimate of drug-likeness (QED) is 0.787. The van der Waals surface area contributed by atoms with E-state index in [1.807, 2.05) is 42.1 Å². The summed E-state index contributed by atoms with van der Waals surface area (Å²) in [4.78, 5) is 14.9. The number of amides is 1. The van der Waals surface area contributed by atoms with Crippen LogP contribution in [0, 0.1) is 0 Å². The van der Waals surface area contributed by atoms with Crippen molar-refractivity contribution in [1.82, 2.24) is 20.0 Å². The molecule has 1 fully saturated rings. The molecule has 0 radical (unpaired) electrons. The lowest BCUT2D eigenvalue weighted by molar-refractivity contribution is -0.124. The topological polar surface area (TPSA) is 59.4 Å². The van der Waals surface area contributed by atoms with E-state index in [0.29, 0.717) is 6.54 Å². The molecule has 6 heteroatoms. The maximum Gasteiger partial charge on any atom is 0.244 e. The van der Waals surface area contributed by atoms with Crippen molar-refractivity contribution in [3.8, 4) is 0 Å². The fourth-order valence-corrected chi connectivity index (χ4v) is 3.17. The zero-order chi connectivity index (χ0) is 16.8. The van der Waals surface area contributed by atoms with Gasteiger partial charge in [-0.1, -0.05) is 25.1 Å². The van der Waals surface area contributed by atoms with Gasteiger partial charge in [0, 0.05) is 25.0 Å². The average Bonchev–Trinajstić information content (AvgIpc) is 3.04. The van der Waals surface area contributed by atoms with Crippen LogP contribution in [0.3, 0.4) is 0 Å². The molecule has 1 aromatic carbocycles. The number of nitrogens with zero attached hydrogens (tertiary/aromatic N) is 3. The highest BCUT2D eigenvalue weighted by Crippen LogP contribution is 2.19. The van der Waals surface area contributed by atoms with Crippen molar-refractivity contribution in [2.75, 3.05) is 39.4 Å². The summed E-state index contributed by atoms with van der Waals surface area (Å²) >= 11 is 0. The van der Waals surface area contributed by atoms with Crippen LogP contribution in [0.4, 0.5) is 0 Å². The van der Waals surface area contributed by atoms with Crippen molar-refractivity contribution >= 4 is 16.8 Å². The second-order valence-corrected chi connectivity index (χ2v) is 6.17. The van der Waals surface area contributed by atoms with E-state index in [1.165, 1.54) is 0 Å². The molecule has 1 aromatic heterocycles. The van der Waals surface area contributed by atoms with Gasteiger partial charge in [-0.2, -0.15) is 5.10 Å². The predicted octanol–water partition coefficient (Wildman–Crippen LogP) is 1.83. The van der Waals surface area contributed by atoms with Gasteiger partial charge >= 0.3 is 0 Å². The molecule has 3 rings (SSSR count). The number of benzene rings is 1. The molecular formula is C18H26N4O2. The largest absolute Gasteiger partial charge is 0.379 e. The van der Waals surface area contributed by atoms with Gasteiger partial charge in [-0.05, 0) is 25.5 Å². The van der Waals surface area contributed by atoms with Gasteiger partial charge in [-0.15, -0.1) is 0 Å². The summed E-state index contributed by atoms with van der Waals surface area (Å²) in [6.45, 7) is 7.34. The predicted molar refractivity (Wildman–Crippen MR) is 93.9 cm³/mol. The normalized spacial score (nSPS) is 17.0. The smallest absolute Gasteiger partial charge is 0.244 e. The Balaban J connectivity index is 1.52. The van der Waals surface area contributed by atoms with Crippen LogP contribution in [-0.4, -0.2) is 60.0 Å². The van der Waals surface area contributed by atoms with Gasteiger partial charge < -0.3 is 10.1 Å². The van der Waals surface area contributed by atoms with Crippen molar-refractivity contribution in [2.24, 2.45) is 0 Å². The molecule has 0 saturated carbocycles. The Kier molecular flexibility index (Phi) is 5.82. The minimum Gasteiger partial charge on any atom is -0.379 e. The zero-order valence-electron chi connectivity index (χ0n) is 14.3. The van der Waals surface area contributed by atoms with E-state index in [-0.39, 0.29) is 11.9 Å². The van der Waals surface area contributed by atoms with Crippen molar-refractivity contribution in [2.45, 2.75) is 25.8 Å². The van der Waals surface area contributed by atoms with E-state index in [9.17, 15) is 4.79 Å². The van der Waals surface area contributed by atoms with Crippen LogP contribution < -0.4 is 5.32 Å². The summed E-state index contributed by atoms with van der Waals surface area (Å²) in [5.74, 6) is 0.0494. The second kappa shape index (κ2) is 8.26. The van der Waals surface area contributed by atoms with Gasteiger partial charge in [0.1, 0.15) is 6.04 Å². The maximum atomic E-state index is 12.6. The number of hydrogen-bond donors (Lipinski definition) is 1. The first-order chi connectivity index (χ1) is 11.8. The standard InChI is InChI=1S/C18H26N4O2/c1-2-16(22-17-7-4-3-6-15(17)14-20-22)18(23)19-8-5-9-21-10-12-24-13-11-21/h3-4,6-7,14,16H,2,5,8-13H2,1H3,(H,19,23). The molecule has 2 heterocycles. The van der Waals surface area contributed by atoms with Crippen LogP contribution >= 0.6 is 0 Å². The number of aromatic nitrogens is 2. The van der Waals surface area contributed by atoms with Gasteiger partial charge in [-0.3, -0.25) is 14.4 Å². The summed E-state index contributed by atoms with van der Waals surface area (Å²) in [6.07, 6.45) is 3.51. The molecule has 6 nitrogen and oxygen atoms in total. The van der Waals surface area contributed by atoms with Crippen molar-refractivity contribution in [3.63, 3.8) is 0 Å². The van der Waals surface area contributed by atoms with E-state index >= 15 is 0 Å². The Morgan fingerprint density at radius 3 is 2.92 bits per heavy atom. The highest BCUT2D eigenvalue weighted by Gasteiger charge is 2.20. The van der Waals surface area contributed by atoms with Crippen molar-refractivity contribution < 1.29 is 9.53 Å². The molecule has 1 saturated heterocycles. The summed E-state index contributed by atoms with van der Waals surface area (Å²) in [5, 5.41) is 8.56. The van der Waals surface area contributed by atoms with Crippen molar-refractivity contribution in [1.29, 1.82) is 0 Å². The molecule has 1 amide bonds. The number of rotatable bonds is 7. The molecule has 1 N–H and O–H groups in total. The fourth-order valence-electron chi connectivity index (χ4n) is 3.17. The Morgan fingerprint density at radius 2 is 2.12 bits per heavy atom. The number of para-hydroxylation sites is 1. The molecule has 0 aliphatic carbocycles. The Morgan fingerprint density at radius 1 is 1.33 bits per heavy atom. The van der Waals surface area contributed by atoms with Crippen LogP contribution in [0.25, 0.3) is 10.9 Å². The number of hydrogen-bond acceptors (Lipinski definition) is 4. The molecule has 1 unspecified atom stereocenters. The first-order valence-electron chi connectivity index (χ1n) is 8.79. The number of ether oxygens (including phenoxy) is 1. The maximum absolute atomic E-state index is 12.6. The zero-order valence-corrected chi connectivity index (χ0v) is 14.3. The highest BCUT2D eigenvalue weighted by molar-refractivity contribution is 5.84. The Bertz CT molecular complexity index is 664. The van der Waals surface area contributed by atoms with E-state index in [0.717, 1.165) is 56.6 Å². The monoisotopic (exact) mass is 330 g/mol. The minimum atomic E-state index is -0.256. The van der Waals surface area contributed by atoms with E-state index in [1.54, 1.807) is 0 Å². The third-order valence-corrected chi connectivity index (χ3v) is 4.54. The number of fused-ring (bicyclic) bond motifs is 1. The van der Waals surface area contributed by atoms with E-state index < -0.39 is 0 Å². The molecular weight excluding hydrogens is 304 g/mol. The summed E-state index contributed by atoms with van der Waals surface area (Å²) in [6, 6.07) is 7.74. The highest BCUT2D eigenvalue weighted by atomic mass is 16.5. The van der Waals surface area contributed by atoms with Crippen LogP contribution in [-0.2, 0) is 9.53 Å². The Labute approximate surface area is 142 Å². The molecule has 2 aromatic rings. The molecule has 0 spiro atoms. The van der Waals surface area contributed by atoms with Crippen LogP contribution in [0.15, 0.2) is 30.5 Å². The molecule has 1 atom stereocenters. The van der Waals surface area contributed by atoms with Gasteiger partial charge in [-0.25, -0.2) is 0 Å². The minimum absolute atomic E-state index is 0.0494. The Hall–Kier alpha value is -1.92. The lowest BCUT2D eigenvalue weighted by atomic mass is 10.2. The van der Waals surface area contributed by atoms with Crippen LogP contribution in [0.2, 0.25) is 0 Å². The van der Waals surface area contributed by atoms with Crippen molar-refractivity contribution in [3.05, 3.63) is 30.5 Å². The molecule has 1 aliphatic heterocycles. The fraction of sp³-hybridized carbons (Fsp3) is 0.556. The first-order valence-corrected chi connectivity index (χ1v) is 8.79.